The molecule has 0 unspecified atom stereocenters. The molecule has 4 aromatic rings. The van der Waals surface area contributed by atoms with E-state index in [1.54, 1.807) is 6.07 Å². The molecular weight excluding hydrogens is 584 g/mol. The number of benzene rings is 1. The number of rotatable bonds is 7. The number of alkyl halides is 3. The Morgan fingerprint density at radius 2 is 1.82 bits per heavy atom. The highest BCUT2D eigenvalue weighted by Gasteiger charge is 2.34. The van der Waals surface area contributed by atoms with Crippen molar-refractivity contribution < 1.29 is 22.8 Å². The average molecular weight is 600 g/mol. The summed E-state index contributed by atoms with van der Waals surface area (Å²) in [5, 5.41) is 17.1. The molecule has 16 heteroatoms. The standard InChI is InChI=1S/C23H16Cl3F3N8O2/c24-11-6-14(21(38)32-12-3-4-12)19(16(26)7-11)33-22(39)17-8-13(10-36-31-9-18(35-36)23(27,28)29)34-37(17)20-15(25)2-1-5-30-20/h1-2,5-9,12H,3-4,10H2,(H,32,38)(H,33,39). The van der Waals surface area contributed by atoms with Crippen molar-refractivity contribution in [3.05, 3.63) is 80.4 Å². The van der Waals surface area contributed by atoms with Crippen LogP contribution in [0.5, 0.6) is 0 Å². The van der Waals surface area contributed by atoms with E-state index in [0.717, 1.165) is 22.3 Å². The molecule has 0 saturated heterocycles. The van der Waals surface area contributed by atoms with Gasteiger partial charge in [0.15, 0.2) is 11.5 Å². The van der Waals surface area contributed by atoms with Crippen molar-refractivity contribution in [2.75, 3.05) is 5.32 Å². The van der Waals surface area contributed by atoms with Gasteiger partial charge in [-0.3, -0.25) is 9.59 Å². The Balaban J connectivity index is 1.51. The molecule has 0 aliphatic heterocycles. The van der Waals surface area contributed by atoms with E-state index in [1.165, 1.54) is 30.5 Å². The van der Waals surface area contributed by atoms with Crippen LogP contribution in [0, 0.1) is 0 Å². The first-order chi connectivity index (χ1) is 18.5. The van der Waals surface area contributed by atoms with E-state index in [4.69, 9.17) is 34.8 Å². The van der Waals surface area contributed by atoms with E-state index in [9.17, 15) is 22.8 Å². The summed E-state index contributed by atoms with van der Waals surface area (Å²) in [6, 6.07) is 7.18. The zero-order valence-corrected chi connectivity index (χ0v) is 21.8. The molecule has 3 heterocycles. The second-order valence-corrected chi connectivity index (χ2v) is 9.76. The second-order valence-electron chi connectivity index (χ2n) is 8.51. The maximum Gasteiger partial charge on any atom is 0.436 e. The number of carbonyl (C=O) groups is 2. The smallest absolute Gasteiger partial charge is 0.349 e. The van der Waals surface area contributed by atoms with Gasteiger partial charge in [-0.05, 0) is 43.2 Å². The molecule has 2 amide bonds. The molecule has 1 fully saturated rings. The largest absolute Gasteiger partial charge is 0.436 e. The molecule has 0 bridgehead atoms. The lowest BCUT2D eigenvalue weighted by Gasteiger charge is -2.14. The van der Waals surface area contributed by atoms with Gasteiger partial charge >= 0.3 is 6.18 Å². The van der Waals surface area contributed by atoms with Crippen molar-refractivity contribution in [1.82, 2.24) is 35.1 Å². The van der Waals surface area contributed by atoms with E-state index < -0.39 is 23.7 Å². The maximum absolute atomic E-state index is 13.5. The van der Waals surface area contributed by atoms with Gasteiger partial charge in [0.25, 0.3) is 11.8 Å². The first-order valence-electron chi connectivity index (χ1n) is 11.3. The number of hydrogen-bond donors (Lipinski definition) is 2. The molecular formula is C23H16Cl3F3N8O2. The molecule has 1 saturated carbocycles. The Hall–Kier alpha value is -3.68. The molecule has 10 nitrogen and oxygen atoms in total. The fourth-order valence-corrected chi connectivity index (χ4v) is 4.30. The summed E-state index contributed by atoms with van der Waals surface area (Å²) in [7, 11) is 0. The van der Waals surface area contributed by atoms with Crippen LogP contribution < -0.4 is 10.6 Å². The van der Waals surface area contributed by atoms with E-state index >= 15 is 0 Å². The first kappa shape index (κ1) is 26.9. The van der Waals surface area contributed by atoms with E-state index in [-0.39, 0.29) is 56.1 Å². The van der Waals surface area contributed by atoms with E-state index in [2.05, 4.69) is 30.9 Å². The van der Waals surface area contributed by atoms with Gasteiger partial charge in [-0.25, -0.2) is 9.67 Å². The lowest BCUT2D eigenvalue weighted by Crippen LogP contribution is -2.27. The summed E-state index contributed by atoms with van der Waals surface area (Å²) in [6.07, 6.45) is -0.998. The van der Waals surface area contributed by atoms with Gasteiger partial charge in [-0.1, -0.05) is 34.8 Å². The third-order valence-corrected chi connectivity index (χ3v) is 6.32. The molecule has 39 heavy (non-hydrogen) atoms. The zero-order chi connectivity index (χ0) is 27.9. The monoisotopic (exact) mass is 598 g/mol. The van der Waals surface area contributed by atoms with Crippen molar-refractivity contribution in [3.63, 3.8) is 0 Å². The first-order valence-corrected chi connectivity index (χ1v) is 12.4. The highest BCUT2D eigenvalue weighted by molar-refractivity contribution is 6.38. The van der Waals surface area contributed by atoms with Crippen molar-refractivity contribution in [1.29, 1.82) is 0 Å². The molecule has 1 aromatic carbocycles. The Labute approximate surface area is 233 Å². The number of halogens is 6. The third kappa shape index (κ3) is 6.00. The number of pyridine rings is 1. The number of nitrogens with one attached hydrogen (secondary N) is 2. The molecule has 1 aliphatic rings. The van der Waals surface area contributed by atoms with Crippen LogP contribution >= 0.6 is 34.8 Å². The minimum absolute atomic E-state index is 0.00852. The highest BCUT2D eigenvalue weighted by Crippen LogP contribution is 2.32. The van der Waals surface area contributed by atoms with E-state index in [0.29, 0.717) is 6.20 Å². The molecule has 0 atom stereocenters. The van der Waals surface area contributed by atoms with Crippen molar-refractivity contribution in [3.8, 4) is 5.82 Å². The predicted molar refractivity (Wildman–Crippen MR) is 135 cm³/mol. The van der Waals surface area contributed by atoms with Crippen molar-refractivity contribution in [2.24, 2.45) is 0 Å². The number of hydrogen-bond acceptors (Lipinski definition) is 6. The number of carbonyl (C=O) groups excluding carboxylic acids is 2. The van der Waals surface area contributed by atoms with Gasteiger partial charge in [-0.2, -0.15) is 28.2 Å². The summed E-state index contributed by atoms with van der Waals surface area (Å²) in [5.41, 5.74) is -1.10. The van der Waals surface area contributed by atoms with Crippen molar-refractivity contribution in [2.45, 2.75) is 31.6 Å². The SMILES string of the molecule is O=C(NC1CC1)c1cc(Cl)cc(Cl)c1NC(=O)c1cc(Cn2ncc(C(F)(F)F)n2)nn1-c1ncccc1Cl. The normalized spacial score (nSPS) is 13.4. The Kier molecular flexibility index (Phi) is 7.23. The van der Waals surface area contributed by atoms with Crippen LogP contribution in [0.4, 0.5) is 18.9 Å². The molecule has 3 aromatic heterocycles. The van der Waals surface area contributed by atoms with Gasteiger partial charge in [-0.15, -0.1) is 5.10 Å². The topological polar surface area (TPSA) is 120 Å². The molecule has 0 spiro atoms. The van der Waals surface area contributed by atoms with E-state index in [1.807, 2.05) is 0 Å². The summed E-state index contributed by atoms with van der Waals surface area (Å²) < 4.78 is 40.0. The zero-order valence-electron chi connectivity index (χ0n) is 19.5. The Morgan fingerprint density at radius 3 is 2.49 bits per heavy atom. The molecule has 0 radical (unpaired) electrons. The van der Waals surface area contributed by atoms with Crippen LogP contribution in [0.3, 0.4) is 0 Å². The fraction of sp³-hybridized carbons (Fsp3) is 0.217. The summed E-state index contributed by atoms with van der Waals surface area (Å²) in [5.74, 6) is -1.15. The summed E-state index contributed by atoms with van der Waals surface area (Å²) >= 11 is 18.7. The van der Waals surface area contributed by atoms with Crippen LogP contribution in [-0.2, 0) is 12.7 Å². The van der Waals surface area contributed by atoms with Crippen LogP contribution in [0.25, 0.3) is 5.82 Å². The summed E-state index contributed by atoms with van der Waals surface area (Å²) in [6.45, 7) is -0.301. The lowest BCUT2D eigenvalue weighted by molar-refractivity contribution is -0.141. The molecule has 1 aliphatic carbocycles. The number of aromatic nitrogens is 6. The van der Waals surface area contributed by atoms with Crippen molar-refractivity contribution >= 4 is 52.3 Å². The van der Waals surface area contributed by atoms with Gasteiger partial charge in [0, 0.05) is 17.3 Å². The van der Waals surface area contributed by atoms with Crippen LogP contribution in [0.1, 0.15) is 45.1 Å². The molecule has 5 rings (SSSR count). The lowest BCUT2D eigenvalue weighted by atomic mass is 10.1. The summed E-state index contributed by atoms with van der Waals surface area (Å²) in [4.78, 5) is 31.3. The van der Waals surface area contributed by atoms with Gasteiger partial charge in [0.2, 0.25) is 0 Å². The maximum atomic E-state index is 13.5. The van der Waals surface area contributed by atoms with Gasteiger partial charge in [0.1, 0.15) is 12.2 Å². The predicted octanol–water partition coefficient (Wildman–Crippen LogP) is 5.03. The fourth-order valence-electron chi connectivity index (χ4n) is 3.56. The van der Waals surface area contributed by atoms with Gasteiger partial charge < -0.3 is 10.6 Å². The number of amides is 2. The molecule has 202 valence electrons. The molecule has 2 N–H and O–H groups in total. The second kappa shape index (κ2) is 10.5. The van der Waals surface area contributed by atoms with Gasteiger partial charge in [0.05, 0.1) is 33.2 Å². The quantitative estimate of drug-likeness (QED) is 0.308. The van der Waals surface area contributed by atoms with Crippen LogP contribution in [0.15, 0.2) is 42.7 Å². The Bertz CT molecular complexity index is 1580. The highest BCUT2D eigenvalue weighted by atomic mass is 35.5. The van der Waals surface area contributed by atoms with Crippen LogP contribution in [0.2, 0.25) is 15.1 Å². The average Bonchev–Trinajstić information content (AvgIpc) is 3.37. The number of nitrogens with zero attached hydrogens (tertiary/aromatic N) is 6. The minimum atomic E-state index is -4.68. The third-order valence-electron chi connectivity index (χ3n) is 5.51. The number of anilines is 1. The minimum Gasteiger partial charge on any atom is -0.349 e. The van der Waals surface area contributed by atoms with Crippen LogP contribution in [-0.4, -0.2) is 47.6 Å². The Morgan fingerprint density at radius 1 is 1.05 bits per heavy atom.